The summed E-state index contributed by atoms with van der Waals surface area (Å²) in [7, 11) is 0. The number of aryl methyl sites for hydroxylation is 1. The van der Waals surface area contributed by atoms with E-state index in [0.29, 0.717) is 0 Å². The van der Waals surface area contributed by atoms with Crippen LogP contribution in [0.1, 0.15) is 12.0 Å². The second kappa shape index (κ2) is 8.59. The first kappa shape index (κ1) is 20.0. The van der Waals surface area contributed by atoms with E-state index in [-0.39, 0.29) is 5.75 Å². The Hall–Kier alpha value is -2.32. The van der Waals surface area contributed by atoms with Crippen molar-refractivity contribution in [2.45, 2.75) is 19.2 Å². The van der Waals surface area contributed by atoms with Gasteiger partial charge in [0.2, 0.25) is 0 Å². The molecular formula is C21H21F3N3OS. The number of halogens is 3. The maximum absolute atomic E-state index is 12.2. The van der Waals surface area contributed by atoms with Gasteiger partial charge in [-0.2, -0.15) is 0 Å². The van der Waals surface area contributed by atoms with Crippen LogP contribution in [-0.4, -0.2) is 49.0 Å². The van der Waals surface area contributed by atoms with Gasteiger partial charge in [-0.3, -0.25) is 4.90 Å². The lowest BCUT2D eigenvalue weighted by Crippen LogP contribution is -2.46. The Bertz CT molecular complexity index is 934. The lowest BCUT2D eigenvalue weighted by molar-refractivity contribution is -0.274. The summed E-state index contributed by atoms with van der Waals surface area (Å²) in [6.45, 7) is 4.87. The summed E-state index contributed by atoms with van der Waals surface area (Å²) in [6, 6.07) is 12.4. The number of hydrogen-bond acceptors (Lipinski definition) is 5. The van der Waals surface area contributed by atoms with E-state index in [0.717, 1.165) is 61.3 Å². The molecule has 0 bridgehead atoms. The van der Waals surface area contributed by atoms with Crippen molar-refractivity contribution < 1.29 is 17.9 Å². The molecule has 4 rings (SSSR count). The Morgan fingerprint density at radius 1 is 1.03 bits per heavy atom. The van der Waals surface area contributed by atoms with Gasteiger partial charge in [-0.05, 0) is 49.2 Å². The Morgan fingerprint density at radius 3 is 2.52 bits per heavy atom. The fraction of sp³-hybridized carbons (Fsp3) is 0.381. The molecule has 153 valence electrons. The van der Waals surface area contributed by atoms with Gasteiger partial charge in [0, 0.05) is 26.2 Å². The number of anilines is 1. The van der Waals surface area contributed by atoms with Crippen LogP contribution in [0, 0.1) is 5.51 Å². The third kappa shape index (κ3) is 5.19. The Kier molecular flexibility index (Phi) is 5.91. The first-order chi connectivity index (χ1) is 14.0. The molecule has 0 amide bonds. The van der Waals surface area contributed by atoms with E-state index in [2.05, 4.69) is 43.2 Å². The number of nitrogens with zero attached hydrogens (tertiary/aromatic N) is 3. The molecule has 0 aliphatic carbocycles. The maximum Gasteiger partial charge on any atom is 0.573 e. The summed E-state index contributed by atoms with van der Waals surface area (Å²) >= 11 is 1.54. The van der Waals surface area contributed by atoms with Gasteiger partial charge in [-0.15, -0.1) is 24.5 Å². The summed E-state index contributed by atoms with van der Waals surface area (Å²) in [4.78, 5) is 9.20. The van der Waals surface area contributed by atoms with Crippen molar-refractivity contribution >= 4 is 27.2 Å². The van der Waals surface area contributed by atoms with Crippen molar-refractivity contribution in [3.05, 3.63) is 53.5 Å². The number of alkyl halides is 3. The molecular weight excluding hydrogens is 399 g/mol. The van der Waals surface area contributed by atoms with Crippen LogP contribution in [-0.2, 0) is 6.42 Å². The summed E-state index contributed by atoms with van der Waals surface area (Å²) in [5.41, 5.74) is 6.21. The van der Waals surface area contributed by atoms with Crippen molar-refractivity contribution in [3.8, 4) is 5.75 Å². The van der Waals surface area contributed by atoms with Gasteiger partial charge in [0.15, 0.2) is 5.51 Å². The topological polar surface area (TPSA) is 28.6 Å². The molecule has 0 saturated carbocycles. The van der Waals surface area contributed by atoms with E-state index < -0.39 is 6.36 Å². The third-order valence-electron chi connectivity index (χ3n) is 5.10. The van der Waals surface area contributed by atoms with Gasteiger partial charge in [-0.25, -0.2) is 4.98 Å². The molecule has 1 fully saturated rings. The van der Waals surface area contributed by atoms with Crippen LogP contribution >= 0.6 is 11.3 Å². The summed E-state index contributed by atoms with van der Waals surface area (Å²) in [5, 5.41) is 0. The summed E-state index contributed by atoms with van der Waals surface area (Å²) in [6.07, 6.45) is -2.84. The maximum atomic E-state index is 12.2. The highest BCUT2D eigenvalue weighted by molar-refractivity contribution is 7.16. The molecule has 8 heteroatoms. The average Bonchev–Trinajstić information content (AvgIpc) is 3.18. The lowest BCUT2D eigenvalue weighted by atomic mass is 10.1. The monoisotopic (exact) mass is 420 g/mol. The van der Waals surface area contributed by atoms with Crippen LogP contribution < -0.4 is 9.64 Å². The van der Waals surface area contributed by atoms with Crippen LogP contribution in [0.3, 0.4) is 0 Å². The molecule has 0 atom stereocenters. The minimum Gasteiger partial charge on any atom is -0.406 e. The van der Waals surface area contributed by atoms with Crippen LogP contribution in [0.15, 0.2) is 42.5 Å². The number of benzene rings is 2. The number of thiazole rings is 1. The molecule has 1 aliphatic heterocycles. The van der Waals surface area contributed by atoms with E-state index in [1.54, 1.807) is 23.5 Å². The number of rotatable bonds is 6. The molecule has 1 aromatic heterocycles. The molecule has 4 nitrogen and oxygen atoms in total. The highest BCUT2D eigenvalue weighted by Crippen LogP contribution is 2.28. The normalized spacial score (nSPS) is 15.8. The molecule has 1 aliphatic rings. The predicted molar refractivity (Wildman–Crippen MR) is 109 cm³/mol. The van der Waals surface area contributed by atoms with Gasteiger partial charge in [-0.1, -0.05) is 18.2 Å². The highest BCUT2D eigenvalue weighted by Gasteiger charge is 2.30. The van der Waals surface area contributed by atoms with Gasteiger partial charge < -0.3 is 9.64 Å². The van der Waals surface area contributed by atoms with Gasteiger partial charge in [0.05, 0.1) is 10.4 Å². The quantitative estimate of drug-likeness (QED) is 0.576. The fourth-order valence-electron chi connectivity index (χ4n) is 3.66. The zero-order valence-electron chi connectivity index (χ0n) is 15.8. The number of fused-ring (bicyclic) bond motifs is 1. The highest BCUT2D eigenvalue weighted by atomic mass is 32.1. The zero-order valence-corrected chi connectivity index (χ0v) is 16.6. The first-order valence-corrected chi connectivity index (χ1v) is 10.4. The van der Waals surface area contributed by atoms with Crippen LogP contribution in [0.25, 0.3) is 10.2 Å². The molecule has 2 heterocycles. The number of hydrogen-bond donors (Lipinski definition) is 0. The Labute approximate surface area is 171 Å². The summed E-state index contributed by atoms with van der Waals surface area (Å²) in [5.74, 6) is -0.176. The third-order valence-corrected chi connectivity index (χ3v) is 5.83. The van der Waals surface area contributed by atoms with E-state index in [9.17, 15) is 13.2 Å². The smallest absolute Gasteiger partial charge is 0.406 e. The van der Waals surface area contributed by atoms with Crippen molar-refractivity contribution in [2.24, 2.45) is 0 Å². The number of piperazine rings is 1. The molecule has 0 unspecified atom stereocenters. The van der Waals surface area contributed by atoms with Crippen molar-refractivity contribution in [3.63, 3.8) is 0 Å². The number of para-hydroxylation sites is 1. The average molecular weight is 420 g/mol. The minimum atomic E-state index is -4.65. The van der Waals surface area contributed by atoms with Crippen LogP contribution in [0.5, 0.6) is 5.75 Å². The lowest BCUT2D eigenvalue weighted by Gasteiger charge is -2.36. The van der Waals surface area contributed by atoms with Crippen molar-refractivity contribution in [1.82, 2.24) is 9.88 Å². The van der Waals surface area contributed by atoms with Crippen molar-refractivity contribution in [2.75, 3.05) is 37.6 Å². The van der Waals surface area contributed by atoms with E-state index in [4.69, 9.17) is 0 Å². The van der Waals surface area contributed by atoms with E-state index >= 15 is 0 Å². The Balaban J connectivity index is 1.23. The Morgan fingerprint density at radius 2 is 1.79 bits per heavy atom. The largest absolute Gasteiger partial charge is 0.573 e. The summed E-state index contributed by atoms with van der Waals surface area (Å²) < 4.78 is 41.7. The van der Waals surface area contributed by atoms with Gasteiger partial charge in [0.25, 0.3) is 0 Å². The van der Waals surface area contributed by atoms with Crippen molar-refractivity contribution in [1.29, 1.82) is 0 Å². The fourth-order valence-corrected chi connectivity index (χ4v) is 4.28. The second-order valence-electron chi connectivity index (χ2n) is 7.05. The number of ether oxygens (including phenoxy) is 1. The molecule has 2 aromatic carbocycles. The van der Waals surface area contributed by atoms with Gasteiger partial charge in [0.1, 0.15) is 11.3 Å². The predicted octanol–water partition coefficient (Wildman–Crippen LogP) is 4.75. The SMILES string of the molecule is FC(F)(F)Oc1ccc(CCCN2CCN(c3cccc4s[c]nc34)CC2)cc1. The molecule has 3 aromatic rings. The van der Waals surface area contributed by atoms with E-state index in [1.807, 2.05) is 0 Å². The molecule has 1 radical (unpaired) electrons. The molecule has 29 heavy (non-hydrogen) atoms. The number of aromatic nitrogens is 1. The first-order valence-electron chi connectivity index (χ1n) is 9.55. The van der Waals surface area contributed by atoms with Gasteiger partial charge >= 0.3 is 6.36 Å². The second-order valence-corrected chi connectivity index (χ2v) is 7.88. The molecule has 1 saturated heterocycles. The molecule has 0 spiro atoms. The minimum absolute atomic E-state index is 0.176. The molecule has 0 N–H and O–H groups in total. The zero-order chi connectivity index (χ0) is 20.3. The van der Waals surface area contributed by atoms with Crippen LogP contribution in [0.4, 0.5) is 18.9 Å². The standard InChI is InChI=1S/C21H21F3N3OS/c22-21(23,24)28-17-8-6-16(7-9-17)3-2-10-26-11-13-27(14-12-26)18-4-1-5-19-20(18)25-15-29-19/h1,4-9H,2-3,10-14H2. The van der Waals surface area contributed by atoms with E-state index in [1.165, 1.54) is 17.8 Å². The van der Waals surface area contributed by atoms with Crippen LogP contribution in [0.2, 0.25) is 0 Å².